The van der Waals surface area contributed by atoms with Crippen molar-refractivity contribution >= 4 is 44.9 Å². The number of carbonyl (C=O) groups is 1. The Bertz CT molecular complexity index is 1410. The molecule has 0 atom stereocenters. The summed E-state index contributed by atoms with van der Waals surface area (Å²) < 4.78 is 12.2. The number of methoxy groups -OCH3 is 2. The minimum atomic E-state index is -0.240. The molecule has 34 heavy (non-hydrogen) atoms. The van der Waals surface area contributed by atoms with Gasteiger partial charge in [-0.15, -0.1) is 11.3 Å². The van der Waals surface area contributed by atoms with Gasteiger partial charge in [-0.25, -0.2) is 4.98 Å². The van der Waals surface area contributed by atoms with Crippen molar-refractivity contribution in [3.8, 4) is 17.2 Å². The molecule has 2 aromatic heterocycles. The SMILES string of the molecule is COc1ccc(OC)c(NC(=O)CSc2nc3scc(C4CC4)c3c(=O)n2-c2ccccc2)c1. The maximum atomic E-state index is 13.6. The standard InChI is InChI=1S/C25H23N3O4S2/c1-31-17-10-11-20(32-2)19(12-17)26-21(29)14-34-25-27-23-22(18(13-33-23)15-8-9-15)24(30)28(25)16-6-4-3-5-7-16/h3-7,10-13,15H,8-9,14H2,1-2H3,(H,26,29). The first kappa shape index (κ1) is 22.5. The van der Waals surface area contributed by atoms with Gasteiger partial charge in [-0.05, 0) is 54.0 Å². The lowest BCUT2D eigenvalue weighted by atomic mass is 10.1. The Morgan fingerprint density at radius 2 is 1.97 bits per heavy atom. The first-order valence-electron chi connectivity index (χ1n) is 10.8. The van der Waals surface area contributed by atoms with Gasteiger partial charge in [0, 0.05) is 6.07 Å². The van der Waals surface area contributed by atoms with Crippen molar-refractivity contribution in [2.75, 3.05) is 25.3 Å². The van der Waals surface area contributed by atoms with Gasteiger partial charge in [0.1, 0.15) is 16.3 Å². The molecule has 0 radical (unpaired) electrons. The van der Waals surface area contributed by atoms with E-state index in [1.165, 1.54) is 23.1 Å². The maximum absolute atomic E-state index is 13.6. The highest BCUT2D eigenvalue weighted by atomic mass is 32.2. The van der Waals surface area contributed by atoms with Crippen LogP contribution in [0.4, 0.5) is 5.69 Å². The van der Waals surface area contributed by atoms with Crippen LogP contribution in [0.5, 0.6) is 11.5 Å². The first-order valence-corrected chi connectivity index (χ1v) is 12.7. The lowest BCUT2D eigenvalue weighted by Crippen LogP contribution is -2.23. The molecule has 1 fully saturated rings. The Morgan fingerprint density at radius 1 is 1.18 bits per heavy atom. The van der Waals surface area contributed by atoms with Crippen molar-refractivity contribution in [2.45, 2.75) is 23.9 Å². The summed E-state index contributed by atoms with van der Waals surface area (Å²) in [5, 5.41) is 6.11. The lowest BCUT2D eigenvalue weighted by molar-refractivity contribution is -0.113. The molecule has 1 saturated carbocycles. The number of thioether (sulfide) groups is 1. The minimum absolute atomic E-state index is 0.0754. The van der Waals surface area contributed by atoms with Gasteiger partial charge in [-0.3, -0.25) is 14.2 Å². The summed E-state index contributed by atoms with van der Waals surface area (Å²) >= 11 is 2.72. The van der Waals surface area contributed by atoms with Crippen LogP contribution in [0.25, 0.3) is 15.9 Å². The molecule has 7 nitrogen and oxygen atoms in total. The van der Waals surface area contributed by atoms with Crippen LogP contribution in [-0.4, -0.2) is 35.4 Å². The van der Waals surface area contributed by atoms with Gasteiger partial charge in [0.2, 0.25) is 5.91 Å². The van der Waals surface area contributed by atoms with E-state index in [1.54, 1.807) is 37.0 Å². The number of nitrogens with zero attached hydrogens (tertiary/aromatic N) is 2. The van der Waals surface area contributed by atoms with Crippen LogP contribution in [0, 0.1) is 0 Å². The Labute approximate surface area is 204 Å². The van der Waals surface area contributed by atoms with Gasteiger partial charge in [-0.1, -0.05) is 30.0 Å². The second-order valence-electron chi connectivity index (χ2n) is 7.92. The van der Waals surface area contributed by atoms with E-state index < -0.39 is 0 Å². The summed E-state index contributed by atoms with van der Waals surface area (Å²) in [6.45, 7) is 0. The largest absolute Gasteiger partial charge is 0.497 e. The molecular weight excluding hydrogens is 470 g/mol. The van der Waals surface area contributed by atoms with E-state index >= 15 is 0 Å². The molecule has 9 heteroatoms. The Morgan fingerprint density at radius 3 is 2.68 bits per heavy atom. The topological polar surface area (TPSA) is 82.5 Å². The highest BCUT2D eigenvalue weighted by Crippen LogP contribution is 2.44. The van der Waals surface area contributed by atoms with E-state index in [2.05, 4.69) is 10.7 Å². The van der Waals surface area contributed by atoms with E-state index in [9.17, 15) is 9.59 Å². The molecule has 0 saturated heterocycles. The molecule has 0 bridgehead atoms. The summed E-state index contributed by atoms with van der Waals surface area (Å²) in [7, 11) is 3.11. The molecular formula is C25H23N3O4S2. The smallest absolute Gasteiger partial charge is 0.267 e. The number of rotatable bonds is 8. The number of amides is 1. The van der Waals surface area contributed by atoms with Crippen LogP contribution in [-0.2, 0) is 4.79 Å². The number of fused-ring (bicyclic) bond motifs is 1. The second kappa shape index (κ2) is 9.52. The van der Waals surface area contributed by atoms with Gasteiger partial charge < -0.3 is 14.8 Å². The Hall–Kier alpha value is -3.30. The van der Waals surface area contributed by atoms with Crippen LogP contribution < -0.4 is 20.3 Å². The predicted molar refractivity (Wildman–Crippen MR) is 136 cm³/mol. The Balaban J connectivity index is 1.46. The Kier molecular flexibility index (Phi) is 6.30. The number of hydrogen-bond donors (Lipinski definition) is 1. The fourth-order valence-electron chi connectivity index (χ4n) is 3.82. The third kappa shape index (κ3) is 4.41. The number of nitrogens with one attached hydrogen (secondary N) is 1. The van der Waals surface area contributed by atoms with Crippen LogP contribution in [0.2, 0.25) is 0 Å². The third-order valence-corrected chi connectivity index (χ3v) is 7.48. The van der Waals surface area contributed by atoms with Crippen molar-refractivity contribution in [1.29, 1.82) is 0 Å². The summed E-state index contributed by atoms with van der Waals surface area (Å²) in [4.78, 5) is 32.0. The quantitative estimate of drug-likeness (QED) is 0.273. The molecule has 1 aliphatic rings. The van der Waals surface area contributed by atoms with Crippen molar-refractivity contribution in [2.24, 2.45) is 0 Å². The number of benzene rings is 2. The third-order valence-electron chi connectivity index (χ3n) is 5.65. The van der Waals surface area contributed by atoms with E-state index in [0.717, 1.165) is 28.9 Å². The molecule has 2 aromatic carbocycles. The molecule has 0 unspecified atom stereocenters. The highest BCUT2D eigenvalue weighted by Gasteiger charge is 2.29. The molecule has 2 heterocycles. The summed E-state index contributed by atoms with van der Waals surface area (Å²) in [6.07, 6.45) is 2.22. The molecule has 174 valence electrons. The van der Waals surface area contributed by atoms with Crippen LogP contribution in [0.15, 0.2) is 63.9 Å². The number of thiophene rings is 1. The van der Waals surface area contributed by atoms with Gasteiger partial charge in [0.15, 0.2) is 5.16 Å². The molecule has 1 amide bonds. The minimum Gasteiger partial charge on any atom is -0.497 e. The van der Waals surface area contributed by atoms with Gasteiger partial charge in [0.05, 0.1) is 36.7 Å². The molecule has 1 N–H and O–H groups in total. The second-order valence-corrected chi connectivity index (χ2v) is 9.72. The van der Waals surface area contributed by atoms with E-state index in [0.29, 0.717) is 33.6 Å². The van der Waals surface area contributed by atoms with E-state index in [4.69, 9.17) is 14.5 Å². The van der Waals surface area contributed by atoms with Crippen molar-refractivity contribution < 1.29 is 14.3 Å². The van der Waals surface area contributed by atoms with Crippen LogP contribution in [0.3, 0.4) is 0 Å². The number of para-hydroxylation sites is 1. The summed E-state index contributed by atoms with van der Waals surface area (Å²) in [5.74, 6) is 1.43. The van der Waals surface area contributed by atoms with Crippen molar-refractivity contribution in [1.82, 2.24) is 9.55 Å². The average Bonchev–Trinajstić information content (AvgIpc) is 3.62. The molecule has 1 aliphatic carbocycles. The van der Waals surface area contributed by atoms with Crippen LogP contribution in [0.1, 0.15) is 24.3 Å². The molecule has 0 spiro atoms. The number of aromatic nitrogens is 2. The van der Waals surface area contributed by atoms with Crippen molar-refractivity contribution in [3.05, 3.63) is 69.8 Å². The zero-order valence-electron chi connectivity index (χ0n) is 18.7. The predicted octanol–water partition coefficient (Wildman–Crippen LogP) is 5.07. The number of ether oxygens (including phenoxy) is 2. The highest BCUT2D eigenvalue weighted by molar-refractivity contribution is 7.99. The van der Waals surface area contributed by atoms with Crippen LogP contribution >= 0.6 is 23.1 Å². The normalized spacial score (nSPS) is 13.1. The summed E-state index contributed by atoms with van der Waals surface area (Å²) in [6, 6.07) is 14.6. The molecule has 4 aromatic rings. The zero-order valence-corrected chi connectivity index (χ0v) is 20.4. The zero-order chi connectivity index (χ0) is 23.7. The monoisotopic (exact) mass is 493 g/mol. The number of anilines is 1. The fraction of sp³-hybridized carbons (Fsp3) is 0.240. The number of carbonyl (C=O) groups excluding carboxylic acids is 1. The first-order chi connectivity index (χ1) is 16.6. The lowest BCUT2D eigenvalue weighted by Gasteiger charge is -2.14. The van der Waals surface area contributed by atoms with Gasteiger partial charge in [-0.2, -0.15) is 0 Å². The summed E-state index contributed by atoms with van der Waals surface area (Å²) in [5.41, 5.74) is 2.26. The maximum Gasteiger partial charge on any atom is 0.267 e. The van der Waals surface area contributed by atoms with Crippen molar-refractivity contribution in [3.63, 3.8) is 0 Å². The molecule has 5 rings (SSSR count). The van der Waals surface area contributed by atoms with E-state index in [-0.39, 0.29) is 17.2 Å². The number of hydrogen-bond acceptors (Lipinski definition) is 7. The molecule has 0 aliphatic heterocycles. The van der Waals surface area contributed by atoms with Gasteiger partial charge >= 0.3 is 0 Å². The van der Waals surface area contributed by atoms with Gasteiger partial charge in [0.25, 0.3) is 5.56 Å². The fourth-order valence-corrected chi connectivity index (χ4v) is 5.69. The average molecular weight is 494 g/mol. The van der Waals surface area contributed by atoms with E-state index in [1.807, 2.05) is 30.3 Å².